The summed E-state index contributed by atoms with van der Waals surface area (Å²) in [5.74, 6) is 1.19. The van der Waals surface area contributed by atoms with Crippen molar-refractivity contribution >= 4 is 22.4 Å². The molecule has 72 valence electrons. The van der Waals surface area contributed by atoms with Gasteiger partial charge >= 0.3 is 0 Å². The fourth-order valence-electron chi connectivity index (χ4n) is 1.65. The molecule has 0 aliphatic heterocycles. The molecule has 0 bridgehead atoms. The van der Waals surface area contributed by atoms with Crippen molar-refractivity contribution in [3.05, 3.63) is 23.5 Å². The van der Waals surface area contributed by atoms with Crippen LogP contribution in [0.2, 0.25) is 0 Å². The molecule has 0 radical (unpaired) electrons. The van der Waals surface area contributed by atoms with Crippen molar-refractivity contribution < 1.29 is 0 Å². The number of hydrogen-bond donors (Lipinski definition) is 2. The van der Waals surface area contributed by atoms with Gasteiger partial charge in [-0.1, -0.05) is 0 Å². The number of nitrogen functional groups attached to an aromatic ring is 2. The predicted octanol–water partition coefficient (Wildman–Crippen LogP) is 1.41. The molecule has 4 N–H and O–H groups in total. The second-order valence-corrected chi connectivity index (χ2v) is 3.39. The van der Waals surface area contributed by atoms with Crippen LogP contribution in [-0.2, 0) is 0 Å². The van der Waals surface area contributed by atoms with E-state index in [4.69, 9.17) is 11.5 Å². The molecule has 1 aromatic heterocycles. The maximum atomic E-state index is 5.82. The standard InChI is InChI=1S/C10H12N4/c1-5-3-7(11)4-8-9(5)10(12)14-6(2)13-8/h3-4H,11H2,1-2H3,(H2,12,13,14). The molecule has 0 atom stereocenters. The van der Waals surface area contributed by atoms with Crippen LogP contribution in [0.1, 0.15) is 11.4 Å². The van der Waals surface area contributed by atoms with Gasteiger partial charge in [-0.05, 0) is 31.5 Å². The van der Waals surface area contributed by atoms with Gasteiger partial charge < -0.3 is 11.5 Å². The molecule has 4 nitrogen and oxygen atoms in total. The van der Waals surface area contributed by atoms with Crippen molar-refractivity contribution in [3.8, 4) is 0 Å². The van der Waals surface area contributed by atoms with Gasteiger partial charge in [0.2, 0.25) is 0 Å². The van der Waals surface area contributed by atoms with E-state index in [1.165, 1.54) is 0 Å². The summed E-state index contributed by atoms with van der Waals surface area (Å²) in [5.41, 5.74) is 14.1. The topological polar surface area (TPSA) is 77.8 Å². The molecule has 14 heavy (non-hydrogen) atoms. The molecule has 0 saturated heterocycles. The van der Waals surface area contributed by atoms with E-state index >= 15 is 0 Å². The van der Waals surface area contributed by atoms with Crippen molar-refractivity contribution in [1.82, 2.24) is 9.97 Å². The van der Waals surface area contributed by atoms with Gasteiger partial charge in [0.15, 0.2) is 0 Å². The first-order valence-corrected chi connectivity index (χ1v) is 4.38. The number of rotatable bonds is 0. The summed E-state index contributed by atoms with van der Waals surface area (Å²) in [7, 11) is 0. The number of aryl methyl sites for hydroxylation is 2. The smallest absolute Gasteiger partial charge is 0.135 e. The van der Waals surface area contributed by atoms with Gasteiger partial charge in [-0.2, -0.15) is 0 Å². The fraction of sp³-hybridized carbons (Fsp3) is 0.200. The monoisotopic (exact) mass is 188 g/mol. The van der Waals surface area contributed by atoms with Crippen molar-refractivity contribution in [3.63, 3.8) is 0 Å². The van der Waals surface area contributed by atoms with Gasteiger partial charge in [0, 0.05) is 11.1 Å². The molecular formula is C10H12N4. The zero-order chi connectivity index (χ0) is 10.3. The number of hydrogen-bond acceptors (Lipinski definition) is 4. The Balaban J connectivity index is 2.94. The highest BCUT2D eigenvalue weighted by Crippen LogP contribution is 2.24. The van der Waals surface area contributed by atoms with Crippen LogP contribution in [-0.4, -0.2) is 9.97 Å². The van der Waals surface area contributed by atoms with Gasteiger partial charge in [-0.25, -0.2) is 9.97 Å². The van der Waals surface area contributed by atoms with Crippen LogP contribution >= 0.6 is 0 Å². The minimum absolute atomic E-state index is 0.519. The van der Waals surface area contributed by atoms with Crippen molar-refractivity contribution in [2.45, 2.75) is 13.8 Å². The Morgan fingerprint density at radius 3 is 2.50 bits per heavy atom. The summed E-state index contributed by atoms with van der Waals surface area (Å²) in [6, 6.07) is 3.69. The lowest BCUT2D eigenvalue weighted by Gasteiger charge is -2.06. The van der Waals surface area contributed by atoms with E-state index < -0.39 is 0 Å². The van der Waals surface area contributed by atoms with E-state index in [1.807, 2.05) is 26.0 Å². The lowest BCUT2D eigenvalue weighted by atomic mass is 10.1. The van der Waals surface area contributed by atoms with Crippen molar-refractivity contribution in [2.24, 2.45) is 0 Å². The third-order valence-electron chi connectivity index (χ3n) is 2.16. The molecule has 0 spiro atoms. The highest BCUT2D eigenvalue weighted by atomic mass is 14.9. The molecule has 2 rings (SSSR count). The molecule has 2 aromatic rings. The van der Waals surface area contributed by atoms with Gasteiger partial charge in [0.05, 0.1) is 5.52 Å². The molecule has 1 aromatic carbocycles. The lowest BCUT2D eigenvalue weighted by molar-refractivity contribution is 1.10. The SMILES string of the molecule is Cc1nc(N)c2c(C)cc(N)cc2n1. The number of nitrogens with two attached hydrogens (primary N) is 2. The molecule has 0 fully saturated rings. The van der Waals surface area contributed by atoms with E-state index in [0.717, 1.165) is 16.5 Å². The van der Waals surface area contributed by atoms with E-state index in [-0.39, 0.29) is 0 Å². The minimum atomic E-state index is 0.519. The second kappa shape index (κ2) is 2.83. The van der Waals surface area contributed by atoms with E-state index in [0.29, 0.717) is 17.3 Å². The van der Waals surface area contributed by atoms with E-state index in [2.05, 4.69) is 9.97 Å². The summed E-state index contributed by atoms with van der Waals surface area (Å²) >= 11 is 0. The Morgan fingerprint density at radius 2 is 1.79 bits per heavy atom. The van der Waals surface area contributed by atoms with Crippen molar-refractivity contribution in [1.29, 1.82) is 0 Å². The Kier molecular flexibility index (Phi) is 1.77. The van der Waals surface area contributed by atoms with Crippen molar-refractivity contribution in [2.75, 3.05) is 11.5 Å². The third kappa shape index (κ3) is 1.25. The summed E-state index contributed by atoms with van der Waals surface area (Å²) in [5, 5.41) is 0.893. The number of aromatic nitrogens is 2. The summed E-state index contributed by atoms with van der Waals surface area (Å²) in [4.78, 5) is 8.41. The first-order chi connectivity index (χ1) is 6.58. The average Bonchev–Trinajstić information content (AvgIpc) is 1.99. The van der Waals surface area contributed by atoms with Crippen LogP contribution in [0, 0.1) is 13.8 Å². The molecule has 4 heteroatoms. The maximum absolute atomic E-state index is 5.82. The molecule has 0 unspecified atom stereocenters. The minimum Gasteiger partial charge on any atom is -0.399 e. The van der Waals surface area contributed by atoms with Gasteiger partial charge in [0.25, 0.3) is 0 Å². The Labute approximate surface area is 82.0 Å². The quantitative estimate of drug-likeness (QED) is 0.613. The zero-order valence-corrected chi connectivity index (χ0v) is 8.20. The average molecular weight is 188 g/mol. The van der Waals surface area contributed by atoms with Gasteiger partial charge in [0.1, 0.15) is 11.6 Å². The van der Waals surface area contributed by atoms with Gasteiger partial charge in [-0.3, -0.25) is 0 Å². The third-order valence-corrected chi connectivity index (χ3v) is 2.16. The number of fused-ring (bicyclic) bond motifs is 1. The number of nitrogens with zero attached hydrogens (tertiary/aromatic N) is 2. The van der Waals surface area contributed by atoms with Crippen LogP contribution in [0.25, 0.3) is 10.9 Å². The maximum Gasteiger partial charge on any atom is 0.135 e. The van der Waals surface area contributed by atoms with Crippen LogP contribution in [0.4, 0.5) is 11.5 Å². The Morgan fingerprint density at radius 1 is 1.07 bits per heavy atom. The van der Waals surface area contributed by atoms with Crippen LogP contribution in [0.5, 0.6) is 0 Å². The van der Waals surface area contributed by atoms with Crippen LogP contribution < -0.4 is 11.5 Å². The van der Waals surface area contributed by atoms with Gasteiger partial charge in [-0.15, -0.1) is 0 Å². The molecule has 0 amide bonds. The van der Waals surface area contributed by atoms with Crippen LogP contribution in [0.3, 0.4) is 0 Å². The lowest BCUT2D eigenvalue weighted by Crippen LogP contribution is -1.99. The summed E-state index contributed by atoms with van der Waals surface area (Å²) in [6.45, 7) is 3.77. The normalized spacial score (nSPS) is 10.7. The molecule has 0 aliphatic rings. The highest BCUT2D eigenvalue weighted by molar-refractivity contribution is 5.93. The predicted molar refractivity (Wildman–Crippen MR) is 57.8 cm³/mol. The first-order valence-electron chi connectivity index (χ1n) is 4.38. The molecule has 0 saturated carbocycles. The number of anilines is 2. The fourth-order valence-corrected chi connectivity index (χ4v) is 1.65. The molecule has 1 heterocycles. The summed E-state index contributed by atoms with van der Waals surface area (Å²) in [6.07, 6.45) is 0. The largest absolute Gasteiger partial charge is 0.399 e. The summed E-state index contributed by atoms with van der Waals surface area (Å²) < 4.78 is 0. The Hall–Kier alpha value is -1.84. The second-order valence-electron chi connectivity index (χ2n) is 3.39. The zero-order valence-electron chi connectivity index (χ0n) is 8.20. The van der Waals surface area contributed by atoms with Crippen LogP contribution in [0.15, 0.2) is 12.1 Å². The molecular weight excluding hydrogens is 176 g/mol. The van der Waals surface area contributed by atoms with E-state index in [1.54, 1.807) is 0 Å². The first kappa shape index (κ1) is 8.74. The number of benzene rings is 1. The Bertz CT molecular complexity index is 462. The molecule has 0 aliphatic carbocycles. The highest BCUT2D eigenvalue weighted by Gasteiger charge is 2.06. The van der Waals surface area contributed by atoms with E-state index in [9.17, 15) is 0 Å².